The molecule has 4 nitrogen and oxygen atoms in total. The van der Waals surface area contributed by atoms with Gasteiger partial charge in [-0.1, -0.05) is 0 Å². The summed E-state index contributed by atoms with van der Waals surface area (Å²) in [5, 5.41) is 18.6. The van der Waals surface area contributed by atoms with Gasteiger partial charge in [-0.3, -0.25) is 0 Å². The van der Waals surface area contributed by atoms with E-state index in [1.54, 1.807) is 18.2 Å². The molecule has 4 heteroatoms. The smallest absolute Gasteiger partial charge is 0.126 e. The number of phenolic OH excluding ortho intramolecular Hbond substituents is 1. The molecule has 80 valence electrons. The largest absolute Gasteiger partial charge is 0.507 e. The van der Waals surface area contributed by atoms with E-state index in [0.29, 0.717) is 16.8 Å². The average molecular weight is 214 g/mol. The Labute approximate surface area is 93.0 Å². The molecule has 0 saturated carbocycles. The molecular formula is C12H10N2O2. The summed E-state index contributed by atoms with van der Waals surface area (Å²) in [6.45, 7) is 1.83. The molecule has 0 unspecified atom stereocenters. The van der Waals surface area contributed by atoms with E-state index in [1.807, 2.05) is 13.0 Å². The summed E-state index contributed by atoms with van der Waals surface area (Å²) < 4.78 is 0. The quantitative estimate of drug-likeness (QED) is 0.750. The molecule has 16 heavy (non-hydrogen) atoms. The first-order chi connectivity index (χ1) is 7.72. The molecule has 1 aliphatic heterocycles. The first-order valence-corrected chi connectivity index (χ1v) is 4.75. The number of nitrogens with zero attached hydrogens (tertiary/aromatic N) is 1. The second-order valence-electron chi connectivity index (χ2n) is 3.43. The van der Waals surface area contributed by atoms with E-state index in [-0.39, 0.29) is 5.75 Å². The average Bonchev–Trinajstić information content (AvgIpc) is 2.29. The van der Waals surface area contributed by atoms with Crippen LogP contribution in [-0.4, -0.2) is 5.11 Å². The number of phenols is 1. The van der Waals surface area contributed by atoms with Crippen molar-refractivity contribution in [3.63, 3.8) is 0 Å². The summed E-state index contributed by atoms with van der Waals surface area (Å²) in [7, 11) is 0. The van der Waals surface area contributed by atoms with E-state index < -0.39 is 0 Å². The van der Waals surface area contributed by atoms with E-state index in [9.17, 15) is 5.11 Å². The normalized spacial score (nSPS) is 13.4. The van der Waals surface area contributed by atoms with E-state index in [0.717, 1.165) is 5.56 Å². The lowest BCUT2D eigenvalue weighted by molar-refractivity contribution is 0.181. The predicted octanol–water partition coefficient (Wildman–Crippen LogP) is 1.96. The summed E-state index contributed by atoms with van der Waals surface area (Å²) in [5.41, 5.74) is 5.25. The maximum absolute atomic E-state index is 9.84. The fourth-order valence-electron chi connectivity index (χ4n) is 1.62. The zero-order valence-corrected chi connectivity index (χ0v) is 8.69. The lowest BCUT2D eigenvalue weighted by atomic mass is 10.0. The van der Waals surface area contributed by atoms with E-state index in [4.69, 9.17) is 10.1 Å². The number of aromatic hydroxyl groups is 1. The van der Waals surface area contributed by atoms with Crippen LogP contribution in [0.5, 0.6) is 5.75 Å². The minimum atomic E-state index is 0.0641. The number of rotatable bonds is 1. The third-order valence-corrected chi connectivity index (χ3v) is 2.29. The van der Waals surface area contributed by atoms with Crippen LogP contribution in [0.1, 0.15) is 16.7 Å². The van der Waals surface area contributed by atoms with Crippen LogP contribution < -0.4 is 5.48 Å². The van der Waals surface area contributed by atoms with Crippen LogP contribution in [0.4, 0.5) is 0 Å². The fraction of sp³-hybridized carbons (Fsp3) is 0.0833. The van der Waals surface area contributed by atoms with Gasteiger partial charge in [-0.2, -0.15) is 5.26 Å². The van der Waals surface area contributed by atoms with Gasteiger partial charge >= 0.3 is 0 Å². The van der Waals surface area contributed by atoms with Crippen molar-refractivity contribution < 1.29 is 9.94 Å². The van der Waals surface area contributed by atoms with Gasteiger partial charge < -0.3 is 9.94 Å². The highest BCUT2D eigenvalue weighted by atomic mass is 16.6. The Hall–Kier alpha value is -2.41. The molecule has 0 bridgehead atoms. The number of aryl methyl sites for hydroxylation is 1. The number of nitriles is 1. The Bertz CT molecular complexity index is 501. The maximum Gasteiger partial charge on any atom is 0.126 e. The summed E-state index contributed by atoms with van der Waals surface area (Å²) in [4.78, 5) is 4.93. The molecule has 1 aromatic carbocycles. The highest BCUT2D eigenvalue weighted by Gasteiger charge is 2.13. The van der Waals surface area contributed by atoms with Gasteiger partial charge in [0.1, 0.15) is 12.0 Å². The Morgan fingerprint density at radius 3 is 2.81 bits per heavy atom. The van der Waals surface area contributed by atoms with Gasteiger partial charge in [0.25, 0.3) is 0 Å². The van der Waals surface area contributed by atoms with Gasteiger partial charge in [0.15, 0.2) is 0 Å². The highest BCUT2D eigenvalue weighted by molar-refractivity contribution is 5.73. The van der Waals surface area contributed by atoms with Crippen LogP contribution in [0.3, 0.4) is 0 Å². The van der Waals surface area contributed by atoms with Crippen LogP contribution in [0.2, 0.25) is 0 Å². The Kier molecular flexibility index (Phi) is 2.52. The van der Waals surface area contributed by atoms with E-state index in [1.165, 1.54) is 12.3 Å². The van der Waals surface area contributed by atoms with E-state index >= 15 is 0 Å². The van der Waals surface area contributed by atoms with Crippen molar-refractivity contribution in [2.75, 3.05) is 0 Å². The number of nitrogens with one attached hydrogen (secondary N) is 1. The maximum atomic E-state index is 9.84. The molecular weight excluding hydrogens is 204 g/mol. The van der Waals surface area contributed by atoms with Crippen LogP contribution in [0.25, 0.3) is 5.70 Å². The van der Waals surface area contributed by atoms with Crippen LogP contribution in [0.15, 0.2) is 30.5 Å². The molecule has 0 radical (unpaired) electrons. The topological polar surface area (TPSA) is 65.3 Å². The first kappa shape index (κ1) is 10.1. The number of benzene rings is 1. The fourth-order valence-corrected chi connectivity index (χ4v) is 1.62. The summed E-state index contributed by atoms with van der Waals surface area (Å²) in [6.07, 6.45) is 5.01. The van der Waals surface area contributed by atoms with Gasteiger partial charge in [-0.15, -0.1) is 0 Å². The molecule has 0 aromatic heterocycles. The van der Waals surface area contributed by atoms with Crippen molar-refractivity contribution in [3.8, 4) is 11.8 Å². The van der Waals surface area contributed by atoms with Crippen molar-refractivity contribution in [2.24, 2.45) is 0 Å². The minimum Gasteiger partial charge on any atom is -0.507 e. The Morgan fingerprint density at radius 2 is 2.25 bits per heavy atom. The van der Waals surface area contributed by atoms with Crippen LogP contribution in [-0.2, 0) is 4.84 Å². The molecule has 1 aliphatic rings. The van der Waals surface area contributed by atoms with Gasteiger partial charge in [0.05, 0.1) is 17.3 Å². The molecule has 0 fully saturated rings. The van der Waals surface area contributed by atoms with Gasteiger partial charge in [0.2, 0.25) is 0 Å². The van der Waals surface area contributed by atoms with Crippen molar-refractivity contribution in [1.29, 1.82) is 5.26 Å². The Morgan fingerprint density at radius 1 is 1.44 bits per heavy atom. The van der Waals surface area contributed by atoms with Gasteiger partial charge in [-0.25, -0.2) is 5.48 Å². The molecule has 0 aliphatic carbocycles. The first-order valence-electron chi connectivity index (χ1n) is 4.75. The van der Waals surface area contributed by atoms with Crippen molar-refractivity contribution in [2.45, 2.75) is 6.92 Å². The van der Waals surface area contributed by atoms with Crippen LogP contribution in [0, 0.1) is 18.3 Å². The molecule has 2 rings (SSSR count). The second kappa shape index (κ2) is 3.99. The molecule has 1 aromatic rings. The summed E-state index contributed by atoms with van der Waals surface area (Å²) in [6, 6.07) is 5.15. The van der Waals surface area contributed by atoms with E-state index in [2.05, 4.69) is 5.48 Å². The standard InChI is InChI=1S/C12H10N2O2/c1-8-5-9(7-13)6-11(15)12(8)10-3-2-4-16-14-10/h2-6,14-15H,1H3. The minimum absolute atomic E-state index is 0.0641. The molecule has 0 spiro atoms. The lowest BCUT2D eigenvalue weighted by Gasteiger charge is -2.15. The van der Waals surface area contributed by atoms with Gasteiger partial charge in [0, 0.05) is 5.56 Å². The number of hydrogen-bond donors (Lipinski definition) is 2. The van der Waals surface area contributed by atoms with Gasteiger partial charge in [-0.05, 0) is 36.8 Å². The SMILES string of the molecule is Cc1cc(C#N)cc(O)c1C1=CC=CON1. The highest BCUT2D eigenvalue weighted by Crippen LogP contribution is 2.29. The predicted molar refractivity (Wildman–Crippen MR) is 58.9 cm³/mol. The lowest BCUT2D eigenvalue weighted by Crippen LogP contribution is -2.13. The zero-order valence-electron chi connectivity index (χ0n) is 8.69. The third kappa shape index (κ3) is 1.71. The molecule has 0 saturated heterocycles. The molecule has 2 N–H and O–H groups in total. The van der Waals surface area contributed by atoms with Crippen molar-refractivity contribution in [1.82, 2.24) is 5.48 Å². The summed E-state index contributed by atoms with van der Waals surface area (Å²) in [5.74, 6) is 0.0641. The molecule has 0 atom stereocenters. The zero-order chi connectivity index (χ0) is 11.5. The molecule has 0 amide bonds. The number of allylic oxidation sites excluding steroid dienone is 2. The number of hydrogen-bond acceptors (Lipinski definition) is 4. The van der Waals surface area contributed by atoms with Crippen molar-refractivity contribution in [3.05, 3.63) is 47.2 Å². The monoisotopic (exact) mass is 214 g/mol. The van der Waals surface area contributed by atoms with Crippen molar-refractivity contribution >= 4 is 5.70 Å². The summed E-state index contributed by atoms with van der Waals surface area (Å²) >= 11 is 0. The molecule has 1 heterocycles. The second-order valence-corrected chi connectivity index (χ2v) is 3.43. The number of hydroxylamine groups is 1. The van der Waals surface area contributed by atoms with Crippen LogP contribution >= 0.6 is 0 Å². The third-order valence-electron chi connectivity index (χ3n) is 2.29. The Balaban J connectivity index is 2.53.